The molecular weight excluding hydrogens is 302 g/mol. The zero-order valence-corrected chi connectivity index (χ0v) is 12.3. The first-order chi connectivity index (χ1) is 10.6. The lowest BCUT2D eigenvalue weighted by Gasteiger charge is -2.04. The number of amides is 1. The molecule has 3 aromatic rings. The van der Waals surface area contributed by atoms with Crippen molar-refractivity contribution in [3.05, 3.63) is 42.0 Å². The third-order valence-electron chi connectivity index (χ3n) is 3.07. The van der Waals surface area contributed by atoms with Crippen molar-refractivity contribution in [1.29, 1.82) is 0 Å². The van der Waals surface area contributed by atoms with Crippen molar-refractivity contribution in [2.45, 2.75) is 12.8 Å². The number of aromatic nitrogens is 2. The maximum Gasteiger partial charge on any atom is 0.303 e. The average Bonchev–Trinajstić information content (AvgIpc) is 3.13. The molecule has 2 N–H and O–H groups in total. The first-order valence-corrected chi connectivity index (χ1v) is 7.54. The summed E-state index contributed by atoms with van der Waals surface area (Å²) in [4.78, 5) is 27.7. The Morgan fingerprint density at radius 3 is 2.82 bits per heavy atom. The van der Waals surface area contributed by atoms with Gasteiger partial charge in [0.15, 0.2) is 0 Å². The second-order valence-electron chi connectivity index (χ2n) is 4.73. The van der Waals surface area contributed by atoms with Crippen molar-refractivity contribution >= 4 is 34.5 Å². The number of carboxylic acids is 1. The molecule has 0 aliphatic carbocycles. The summed E-state index contributed by atoms with van der Waals surface area (Å²) < 4.78 is 1.84. The summed E-state index contributed by atoms with van der Waals surface area (Å²) in [5.41, 5.74) is 2.27. The van der Waals surface area contributed by atoms with E-state index < -0.39 is 5.97 Å². The molecule has 3 rings (SSSR count). The topological polar surface area (TPSA) is 83.7 Å². The van der Waals surface area contributed by atoms with Crippen molar-refractivity contribution in [1.82, 2.24) is 9.38 Å². The molecule has 112 valence electrons. The lowest BCUT2D eigenvalue weighted by Crippen LogP contribution is -2.13. The Morgan fingerprint density at radius 1 is 1.23 bits per heavy atom. The molecule has 3 heterocycles. The van der Waals surface area contributed by atoms with E-state index in [0.717, 1.165) is 16.2 Å². The Kier molecular flexibility index (Phi) is 3.88. The Bertz CT molecular complexity index is 824. The van der Waals surface area contributed by atoms with Gasteiger partial charge in [-0.25, -0.2) is 4.98 Å². The molecule has 0 bridgehead atoms. The SMILES string of the molecule is O=C(O)CCC(=O)Nc1ccc2nc(-c3cccs3)cn2c1. The highest BCUT2D eigenvalue weighted by molar-refractivity contribution is 7.13. The van der Waals surface area contributed by atoms with E-state index >= 15 is 0 Å². The van der Waals surface area contributed by atoms with E-state index in [1.807, 2.05) is 34.2 Å². The predicted octanol–water partition coefficient (Wildman–Crippen LogP) is 2.87. The van der Waals surface area contributed by atoms with Crippen LogP contribution in [0.2, 0.25) is 0 Å². The van der Waals surface area contributed by atoms with Crippen LogP contribution in [0.5, 0.6) is 0 Å². The van der Waals surface area contributed by atoms with Crippen molar-refractivity contribution in [3.8, 4) is 10.6 Å². The summed E-state index contributed by atoms with van der Waals surface area (Å²) in [6, 6.07) is 7.53. The maximum atomic E-state index is 11.6. The zero-order valence-electron chi connectivity index (χ0n) is 11.5. The highest BCUT2D eigenvalue weighted by Crippen LogP contribution is 2.24. The number of anilines is 1. The molecule has 7 heteroatoms. The summed E-state index contributed by atoms with van der Waals surface area (Å²) in [5, 5.41) is 13.3. The van der Waals surface area contributed by atoms with Gasteiger partial charge in [-0.05, 0) is 23.6 Å². The van der Waals surface area contributed by atoms with Gasteiger partial charge in [-0.15, -0.1) is 11.3 Å². The van der Waals surface area contributed by atoms with E-state index in [0.29, 0.717) is 5.69 Å². The lowest BCUT2D eigenvalue weighted by atomic mass is 10.3. The van der Waals surface area contributed by atoms with Gasteiger partial charge in [0.2, 0.25) is 5.91 Å². The number of carbonyl (C=O) groups excluding carboxylic acids is 1. The van der Waals surface area contributed by atoms with Gasteiger partial charge in [-0.2, -0.15) is 0 Å². The van der Waals surface area contributed by atoms with Crippen LogP contribution in [0.15, 0.2) is 42.0 Å². The van der Waals surface area contributed by atoms with E-state index in [4.69, 9.17) is 5.11 Å². The van der Waals surface area contributed by atoms with Crippen LogP contribution < -0.4 is 5.32 Å². The number of nitrogens with one attached hydrogen (secondary N) is 1. The Hall–Kier alpha value is -2.67. The lowest BCUT2D eigenvalue weighted by molar-refractivity contribution is -0.138. The predicted molar refractivity (Wildman–Crippen MR) is 84.0 cm³/mol. The van der Waals surface area contributed by atoms with Gasteiger partial charge in [-0.1, -0.05) is 6.07 Å². The van der Waals surface area contributed by atoms with E-state index in [9.17, 15) is 9.59 Å². The van der Waals surface area contributed by atoms with Gasteiger partial charge in [0.25, 0.3) is 0 Å². The number of hydrogen-bond acceptors (Lipinski definition) is 4. The maximum absolute atomic E-state index is 11.6. The van der Waals surface area contributed by atoms with E-state index in [2.05, 4.69) is 10.3 Å². The molecule has 0 atom stereocenters. The molecule has 0 spiro atoms. The van der Waals surface area contributed by atoms with E-state index in [1.165, 1.54) is 0 Å². The molecule has 1 amide bonds. The number of nitrogens with zero attached hydrogens (tertiary/aromatic N) is 2. The summed E-state index contributed by atoms with van der Waals surface area (Å²) >= 11 is 1.61. The zero-order chi connectivity index (χ0) is 15.5. The summed E-state index contributed by atoms with van der Waals surface area (Å²) in [6.45, 7) is 0. The number of fused-ring (bicyclic) bond motifs is 1. The fourth-order valence-corrected chi connectivity index (χ4v) is 2.73. The standard InChI is InChI=1S/C15H13N3O3S/c19-14(5-6-15(20)21)16-10-3-4-13-17-11(9-18(13)8-10)12-2-1-7-22-12/h1-4,7-9H,5-6H2,(H,16,19)(H,20,21). The number of rotatable bonds is 5. The third kappa shape index (κ3) is 3.15. The Labute approximate surface area is 130 Å². The second kappa shape index (κ2) is 5.98. The number of carboxylic acid groups (broad SMARTS) is 1. The smallest absolute Gasteiger partial charge is 0.303 e. The number of hydrogen-bond donors (Lipinski definition) is 2. The van der Waals surface area contributed by atoms with Gasteiger partial charge in [0.05, 0.1) is 22.7 Å². The van der Waals surface area contributed by atoms with Gasteiger partial charge in [-0.3, -0.25) is 9.59 Å². The molecule has 22 heavy (non-hydrogen) atoms. The van der Waals surface area contributed by atoms with Gasteiger partial charge in [0, 0.05) is 18.8 Å². The van der Waals surface area contributed by atoms with Crippen LogP contribution in [-0.2, 0) is 9.59 Å². The number of carbonyl (C=O) groups is 2. The van der Waals surface area contributed by atoms with Crippen LogP contribution in [0.4, 0.5) is 5.69 Å². The van der Waals surface area contributed by atoms with Crippen LogP contribution in [0, 0.1) is 0 Å². The highest BCUT2D eigenvalue weighted by atomic mass is 32.1. The van der Waals surface area contributed by atoms with Crippen LogP contribution in [0.1, 0.15) is 12.8 Å². The number of pyridine rings is 1. The largest absolute Gasteiger partial charge is 0.481 e. The van der Waals surface area contributed by atoms with Crippen molar-refractivity contribution in [2.75, 3.05) is 5.32 Å². The number of imidazole rings is 1. The highest BCUT2D eigenvalue weighted by Gasteiger charge is 2.08. The van der Waals surface area contributed by atoms with Crippen LogP contribution in [0.3, 0.4) is 0 Å². The summed E-state index contributed by atoms with van der Waals surface area (Å²) in [5.74, 6) is -1.30. The molecule has 0 fully saturated rings. The Balaban J connectivity index is 1.78. The van der Waals surface area contributed by atoms with E-state index in [-0.39, 0.29) is 18.7 Å². The molecule has 0 saturated heterocycles. The quantitative estimate of drug-likeness (QED) is 0.758. The molecular formula is C15H13N3O3S. The van der Waals surface area contributed by atoms with Gasteiger partial charge in [0.1, 0.15) is 5.65 Å². The second-order valence-corrected chi connectivity index (χ2v) is 5.68. The Morgan fingerprint density at radius 2 is 2.09 bits per heavy atom. The molecule has 6 nitrogen and oxygen atoms in total. The van der Waals surface area contributed by atoms with Crippen molar-refractivity contribution in [3.63, 3.8) is 0 Å². The third-order valence-corrected chi connectivity index (χ3v) is 3.97. The molecule has 3 aromatic heterocycles. The van der Waals surface area contributed by atoms with Gasteiger partial charge >= 0.3 is 5.97 Å². The molecule has 0 aliphatic rings. The van der Waals surface area contributed by atoms with Crippen LogP contribution >= 0.6 is 11.3 Å². The van der Waals surface area contributed by atoms with Gasteiger partial charge < -0.3 is 14.8 Å². The monoisotopic (exact) mass is 315 g/mol. The normalized spacial score (nSPS) is 10.7. The minimum atomic E-state index is -0.985. The summed E-state index contributed by atoms with van der Waals surface area (Å²) in [7, 11) is 0. The molecule has 0 radical (unpaired) electrons. The minimum Gasteiger partial charge on any atom is -0.481 e. The number of thiophene rings is 1. The molecule has 0 unspecified atom stereocenters. The summed E-state index contributed by atoms with van der Waals surface area (Å²) in [6.07, 6.45) is 3.44. The first-order valence-electron chi connectivity index (χ1n) is 6.66. The van der Waals surface area contributed by atoms with Crippen LogP contribution in [0.25, 0.3) is 16.2 Å². The minimum absolute atomic E-state index is 0.0439. The van der Waals surface area contributed by atoms with Crippen molar-refractivity contribution in [2.24, 2.45) is 0 Å². The first kappa shape index (κ1) is 14.3. The van der Waals surface area contributed by atoms with Crippen molar-refractivity contribution < 1.29 is 14.7 Å². The number of aliphatic carboxylic acids is 1. The average molecular weight is 315 g/mol. The van der Waals surface area contributed by atoms with Crippen LogP contribution in [-0.4, -0.2) is 26.4 Å². The molecule has 0 aliphatic heterocycles. The molecule has 0 aromatic carbocycles. The molecule has 0 saturated carbocycles. The fourth-order valence-electron chi connectivity index (χ4n) is 2.05. The van der Waals surface area contributed by atoms with E-state index in [1.54, 1.807) is 23.6 Å². The fraction of sp³-hybridized carbons (Fsp3) is 0.133.